The number of hydrogen-bond acceptors (Lipinski definition) is 3. The lowest BCUT2D eigenvalue weighted by molar-refractivity contribution is 0.0696. The van der Waals surface area contributed by atoms with E-state index in [0.29, 0.717) is 16.7 Å². The van der Waals surface area contributed by atoms with Gasteiger partial charge in [0, 0.05) is 11.1 Å². The summed E-state index contributed by atoms with van der Waals surface area (Å²) in [6.45, 7) is 0. The molecule has 0 fully saturated rings. The summed E-state index contributed by atoms with van der Waals surface area (Å²) in [5, 5.41) is 8.38. The molecule has 130 valence electrons. The van der Waals surface area contributed by atoms with E-state index in [2.05, 4.69) is 0 Å². The molecule has 0 unspecified atom stereocenters. The monoisotopic (exact) mass is 346 g/mol. The van der Waals surface area contributed by atoms with E-state index in [9.17, 15) is 14.4 Å². The minimum absolute atomic E-state index is 0.0754. The zero-order valence-corrected chi connectivity index (χ0v) is 14.0. The van der Waals surface area contributed by atoms with Crippen molar-refractivity contribution in [3.63, 3.8) is 0 Å². The predicted molar refractivity (Wildman–Crippen MR) is 99.6 cm³/mol. The van der Waals surface area contributed by atoms with Gasteiger partial charge < -0.3 is 5.11 Å². The van der Waals surface area contributed by atoms with Crippen molar-refractivity contribution in [2.45, 2.75) is 6.42 Å². The molecular formula is C22H18O4. The molecule has 3 rings (SSSR count). The number of carbonyl (C=O) groups excluding carboxylic acids is 2. The van der Waals surface area contributed by atoms with Gasteiger partial charge >= 0.3 is 5.97 Å². The number of ketones is 2. The molecule has 0 aliphatic rings. The van der Waals surface area contributed by atoms with Crippen molar-refractivity contribution in [2.24, 2.45) is 0 Å². The van der Waals surface area contributed by atoms with Gasteiger partial charge in [-0.1, -0.05) is 78.9 Å². The van der Waals surface area contributed by atoms with E-state index in [1.165, 1.54) is 0 Å². The Balaban J connectivity index is 0.000000228. The fraction of sp³-hybridized carbons (Fsp3) is 0.0455. The first-order valence-electron chi connectivity index (χ1n) is 8.03. The van der Waals surface area contributed by atoms with Crippen LogP contribution < -0.4 is 0 Å². The number of benzene rings is 3. The summed E-state index contributed by atoms with van der Waals surface area (Å²) in [5.41, 5.74) is 1.49. The molecule has 0 atom stereocenters. The molecule has 26 heavy (non-hydrogen) atoms. The lowest BCUT2D eigenvalue weighted by Gasteiger charge is -2.00. The van der Waals surface area contributed by atoms with Gasteiger partial charge in [-0.05, 0) is 12.1 Å². The van der Waals surface area contributed by atoms with Crippen LogP contribution in [0.1, 0.15) is 37.5 Å². The Labute approximate surface area is 151 Å². The third kappa shape index (κ3) is 5.83. The van der Waals surface area contributed by atoms with Crippen LogP contribution in [0.4, 0.5) is 0 Å². The topological polar surface area (TPSA) is 71.4 Å². The van der Waals surface area contributed by atoms with Crippen molar-refractivity contribution >= 4 is 17.5 Å². The quantitative estimate of drug-likeness (QED) is 0.544. The average molecular weight is 346 g/mol. The Hall–Kier alpha value is -3.53. The van der Waals surface area contributed by atoms with E-state index in [0.717, 1.165) is 0 Å². The molecule has 0 saturated carbocycles. The smallest absolute Gasteiger partial charge is 0.335 e. The van der Waals surface area contributed by atoms with Crippen molar-refractivity contribution in [1.82, 2.24) is 0 Å². The first-order valence-corrected chi connectivity index (χ1v) is 8.03. The third-order valence-electron chi connectivity index (χ3n) is 3.53. The van der Waals surface area contributed by atoms with Gasteiger partial charge in [0.05, 0.1) is 12.0 Å². The van der Waals surface area contributed by atoms with E-state index in [4.69, 9.17) is 5.11 Å². The van der Waals surface area contributed by atoms with Crippen LogP contribution in [0.5, 0.6) is 0 Å². The van der Waals surface area contributed by atoms with Gasteiger partial charge in [0.2, 0.25) is 0 Å². The summed E-state index contributed by atoms with van der Waals surface area (Å²) in [6.07, 6.45) is -0.0754. The highest BCUT2D eigenvalue weighted by Gasteiger charge is 2.12. The van der Waals surface area contributed by atoms with Crippen LogP contribution >= 0.6 is 0 Å². The maximum atomic E-state index is 11.8. The highest BCUT2D eigenvalue weighted by molar-refractivity contribution is 6.13. The fourth-order valence-corrected chi connectivity index (χ4v) is 2.18. The SMILES string of the molecule is O=C(CC(=O)c1ccccc1)c1ccccc1.O=C(O)c1ccccc1. The lowest BCUT2D eigenvalue weighted by Crippen LogP contribution is -2.08. The number of hydrogen-bond donors (Lipinski definition) is 1. The van der Waals surface area contributed by atoms with Crippen LogP contribution in [0, 0.1) is 0 Å². The maximum absolute atomic E-state index is 11.8. The van der Waals surface area contributed by atoms with Crippen molar-refractivity contribution in [1.29, 1.82) is 0 Å². The second kappa shape index (κ2) is 9.69. The van der Waals surface area contributed by atoms with Crippen LogP contribution in [0.15, 0.2) is 91.0 Å². The van der Waals surface area contributed by atoms with Crippen LogP contribution in [0.3, 0.4) is 0 Å². The van der Waals surface area contributed by atoms with Crippen molar-refractivity contribution in [3.8, 4) is 0 Å². The summed E-state index contributed by atoms with van der Waals surface area (Å²) < 4.78 is 0. The minimum Gasteiger partial charge on any atom is -0.478 e. The van der Waals surface area contributed by atoms with E-state index in [-0.39, 0.29) is 18.0 Å². The van der Waals surface area contributed by atoms with Gasteiger partial charge in [-0.15, -0.1) is 0 Å². The van der Waals surface area contributed by atoms with Crippen LogP contribution in [0.25, 0.3) is 0 Å². The molecule has 0 heterocycles. The highest BCUT2D eigenvalue weighted by Crippen LogP contribution is 2.08. The highest BCUT2D eigenvalue weighted by atomic mass is 16.4. The van der Waals surface area contributed by atoms with Crippen molar-refractivity contribution in [2.75, 3.05) is 0 Å². The molecule has 3 aromatic carbocycles. The summed E-state index contributed by atoms with van der Waals surface area (Å²) in [4.78, 5) is 33.8. The van der Waals surface area contributed by atoms with Crippen LogP contribution in [-0.4, -0.2) is 22.6 Å². The van der Waals surface area contributed by atoms with Crippen LogP contribution in [-0.2, 0) is 0 Å². The molecule has 0 bridgehead atoms. The number of aromatic carboxylic acids is 1. The standard InChI is InChI=1S/C15H12O2.C7H6O2/c16-14(12-7-3-1-4-8-12)11-15(17)13-9-5-2-6-10-13;8-7(9)6-4-2-1-3-5-6/h1-10H,11H2;1-5H,(H,8,9). The Kier molecular flexibility index (Phi) is 7.01. The van der Waals surface area contributed by atoms with Gasteiger partial charge in [0.1, 0.15) is 0 Å². The summed E-state index contributed by atoms with van der Waals surface area (Å²) >= 11 is 0. The fourth-order valence-electron chi connectivity index (χ4n) is 2.18. The summed E-state index contributed by atoms with van der Waals surface area (Å²) in [6, 6.07) is 26.0. The zero-order chi connectivity index (χ0) is 18.8. The molecular weight excluding hydrogens is 328 g/mol. The Morgan fingerprint density at radius 1 is 0.538 bits per heavy atom. The molecule has 0 amide bonds. The molecule has 0 radical (unpaired) electrons. The molecule has 1 N–H and O–H groups in total. The van der Waals surface area contributed by atoms with Crippen LogP contribution in [0.2, 0.25) is 0 Å². The second-order valence-electron chi connectivity index (χ2n) is 5.43. The number of Topliss-reactive ketones (excluding diaryl/α,β-unsaturated/α-hetero) is 2. The number of carboxylic acid groups (broad SMARTS) is 1. The van der Waals surface area contributed by atoms with Gasteiger partial charge in [0.25, 0.3) is 0 Å². The third-order valence-corrected chi connectivity index (χ3v) is 3.53. The first-order chi connectivity index (χ1) is 12.6. The first kappa shape index (κ1) is 18.8. The Morgan fingerprint density at radius 3 is 1.12 bits per heavy atom. The molecule has 0 aromatic heterocycles. The second-order valence-corrected chi connectivity index (χ2v) is 5.43. The zero-order valence-electron chi connectivity index (χ0n) is 14.0. The maximum Gasteiger partial charge on any atom is 0.335 e. The Bertz CT molecular complexity index is 807. The van der Waals surface area contributed by atoms with E-state index >= 15 is 0 Å². The van der Waals surface area contributed by atoms with E-state index < -0.39 is 5.97 Å². The molecule has 3 aromatic rings. The normalized spacial score (nSPS) is 9.54. The number of carbonyl (C=O) groups is 3. The number of carboxylic acids is 1. The largest absolute Gasteiger partial charge is 0.478 e. The molecule has 0 spiro atoms. The van der Waals surface area contributed by atoms with Gasteiger partial charge in [-0.25, -0.2) is 4.79 Å². The van der Waals surface area contributed by atoms with Crippen molar-refractivity contribution < 1.29 is 19.5 Å². The predicted octanol–water partition coefficient (Wildman–Crippen LogP) is 4.53. The number of rotatable bonds is 5. The van der Waals surface area contributed by atoms with Gasteiger partial charge in [-0.3, -0.25) is 9.59 Å². The molecule has 4 nitrogen and oxygen atoms in total. The Morgan fingerprint density at radius 2 is 0.846 bits per heavy atom. The van der Waals surface area contributed by atoms with Gasteiger partial charge in [-0.2, -0.15) is 0 Å². The molecule has 0 aliphatic carbocycles. The lowest BCUT2D eigenvalue weighted by atomic mass is 10.0. The minimum atomic E-state index is -0.879. The molecule has 4 heteroatoms. The molecule has 0 saturated heterocycles. The van der Waals surface area contributed by atoms with Gasteiger partial charge in [0.15, 0.2) is 11.6 Å². The summed E-state index contributed by atoms with van der Waals surface area (Å²) in [5.74, 6) is -1.16. The van der Waals surface area contributed by atoms with Crippen molar-refractivity contribution in [3.05, 3.63) is 108 Å². The summed E-state index contributed by atoms with van der Waals surface area (Å²) in [7, 11) is 0. The van der Waals surface area contributed by atoms with E-state index in [1.807, 2.05) is 12.1 Å². The average Bonchev–Trinajstić information content (AvgIpc) is 2.70. The van der Waals surface area contributed by atoms with E-state index in [1.54, 1.807) is 78.9 Å². The molecule has 0 aliphatic heterocycles.